The molecule has 100 valence electrons. The first-order valence-corrected chi connectivity index (χ1v) is 6.03. The fourth-order valence-corrected chi connectivity index (χ4v) is 1.82. The maximum absolute atomic E-state index is 11.3. The van der Waals surface area contributed by atoms with E-state index in [0.29, 0.717) is 0 Å². The predicted octanol–water partition coefficient (Wildman–Crippen LogP) is 2.86. The Hall–Kier alpha value is -2.23. The van der Waals surface area contributed by atoms with Crippen LogP contribution in [-0.2, 0) is 17.6 Å². The minimum Gasteiger partial charge on any atom is -0.497 e. The molecule has 1 heterocycles. The Morgan fingerprint density at radius 1 is 1.16 bits per heavy atom. The van der Waals surface area contributed by atoms with E-state index in [0.717, 1.165) is 29.9 Å². The summed E-state index contributed by atoms with van der Waals surface area (Å²) in [6, 6.07) is 11.3. The van der Waals surface area contributed by atoms with Crippen LogP contribution in [0.25, 0.3) is 0 Å². The maximum Gasteiger partial charge on any atom is 0.373 e. The fraction of sp³-hybridized carbons (Fsp3) is 0.267. The van der Waals surface area contributed by atoms with E-state index in [2.05, 4.69) is 4.74 Å². The van der Waals surface area contributed by atoms with E-state index >= 15 is 0 Å². The molecule has 0 saturated carbocycles. The maximum atomic E-state index is 11.3. The second kappa shape index (κ2) is 6.09. The molecule has 1 aromatic heterocycles. The number of carbonyl (C=O) groups excluding carboxylic acids is 1. The number of hydrogen-bond donors (Lipinski definition) is 0. The molecule has 0 bridgehead atoms. The molecular weight excluding hydrogens is 244 g/mol. The average Bonchev–Trinajstić information content (AvgIpc) is 2.93. The van der Waals surface area contributed by atoms with Gasteiger partial charge in [-0.25, -0.2) is 4.79 Å². The second-order valence-electron chi connectivity index (χ2n) is 4.11. The summed E-state index contributed by atoms with van der Waals surface area (Å²) in [6.07, 6.45) is 1.55. The summed E-state index contributed by atoms with van der Waals surface area (Å²) in [5.41, 5.74) is 1.16. The summed E-state index contributed by atoms with van der Waals surface area (Å²) in [5, 5.41) is 0. The summed E-state index contributed by atoms with van der Waals surface area (Å²) in [4.78, 5) is 11.3. The molecule has 0 spiro atoms. The molecule has 4 heteroatoms. The van der Waals surface area contributed by atoms with Gasteiger partial charge in [0.1, 0.15) is 11.5 Å². The van der Waals surface area contributed by atoms with Gasteiger partial charge < -0.3 is 13.9 Å². The molecule has 0 aliphatic rings. The van der Waals surface area contributed by atoms with Gasteiger partial charge in [0.15, 0.2) is 0 Å². The van der Waals surface area contributed by atoms with E-state index in [4.69, 9.17) is 9.15 Å². The Balaban J connectivity index is 1.98. The van der Waals surface area contributed by atoms with Crippen LogP contribution in [0.2, 0.25) is 0 Å². The van der Waals surface area contributed by atoms with Gasteiger partial charge in [0.05, 0.1) is 14.2 Å². The van der Waals surface area contributed by atoms with E-state index in [1.54, 1.807) is 19.2 Å². The first-order valence-electron chi connectivity index (χ1n) is 6.03. The lowest BCUT2D eigenvalue weighted by atomic mass is 10.1. The zero-order chi connectivity index (χ0) is 13.7. The standard InChI is InChI=1S/C15H16O4/c1-17-13-5-3-4-11(10-13)6-7-12-8-9-14(19-12)15(16)18-2/h3-5,8-10H,6-7H2,1-2H3. The van der Waals surface area contributed by atoms with Crippen LogP contribution in [0.5, 0.6) is 5.75 Å². The first kappa shape index (κ1) is 13.2. The van der Waals surface area contributed by atoms with Crippen LogP contribution in [0.4, 0.5) is 0 Å². The zero-order valence-corrected chi connectivity index (χ0v) is 11.0. The van der Waals surface area contributed by atoms with Crippen LogP contribution >= 0.6 is 0 Å². The zero-order valence-electron chi connectivity index (χ0n) is 11.0. The molecule has 0 N–H and O–H groups in total. The van der Waals surface area contributed by atoms with E-state index in [1.807, 2.05) is 24.3 Å². The van der Waals surface area contributed by atoms with Gasteiger partial charge in [-0.2, -0.15) is 0 Å². The molecule has 4 nitrogen and oxygen atoms in total. The topological polar surface area (TPSA) is 48.7 Å². The Labute approximate surface area is 111 Å². The van der Waals surface area contributed by atoms with Crippen molar-refractivity contribution in [2.45, 2.75) is 12.8 Å². The highest BCUT2D eigenvalue weighted by Crippen LogP contribution is 2.16. The highest BCUT2D eigenvalue weighted by atomic mass is 16.5. The normalized spacial score (nSPS) is 10.2. The van der Waals surface area contributed by atoms with Crippen molar-refractivity contribution < 1.29 is 18.7 Å². The Morgan fingerprint density at radius 2 is 2.00 bits per heavy atom. The van der Waals surface area contributed by atoms with E-state index < -0.39 is 5.97 Å². The Bertz CT molecular complexity index is 557. The molecule has 0 saturated heterocycles. The van der Waals surface area contributed by atoms with Crippen molar-refractivity contribution in [1.29, 1.82) is 0 Å². The molecule has 0 aliphatic carbocycles. The first-order chi connectivity index (χ1) is 9.22. The number of rotatable bonds is 5. The van der Waals surface area contributed by atoms with Crippen molar-refractivity contribution in [3.8, 4) is 5.75 Å². The van der Waals surface area contributed by atoms with Gasteiger partial charge in [0, 0.05) is 6.42 Å². The molecule has 0 amide bonds. The molecule has 0 fully saturated rings. The Kier molecular flexibility index (Phi) is 4.23. The minimum atomic E-state index is -0.451. The van der Waals surface area contributed by atoms with E-state index in [9.17, 15) is 4.79 Å². The van der Waals surface area contributed by atoms with Gasteiger partial charge in [0.25, 0.3) is 0 Å². The minimum absolute atomic E-state index is 0.239. The number of furan rings is 1. The summed E-state index contributed by atoms with van der Waals surface area (Å²) >= 11 is 0. The molecular formula is C15H16O4. The number of carbonyl (C=O) groups is 1. The largest absolute Gasteiger partial charge is 0.497 e. The van der Waals surface area contributed by atoms with Gasteiger partial charge >= 0.3 is 5.97 Å². The molecule has 0 unspecified atom stereocenters. The molecule has 2 aromatic rings. The van der Waals surface area contributed by atoms with Crippen LogP contribution in [0.3, 0.4) is 0 Å². The summed E-state index contributed by atoms with van der Waals surface area (Å²) < 4.78 is 15.2. The molecule has 1 aromatic carbocycles. The van der Waals surface area contributed by atoms with Gasteiger partial charge in [-0.15, -0.1) is 0 Å². The lowest BCUT2D eigenvalue weighted by molar-refractivity contribution is 0.0563. The van der Waals surface area contributed by atoms with E-state index in [-0.39, 0.29) is 5.76 Å². The van der Waals surface area contributed by atoms with Crippen LogP contribution in [0, 0.1) is 0 Å². The number of ether oxygens (including phenoxy) is 2. The predicted molar refractivity (Wildman–Crippen MR) is 70.4 cm³/mol. The quantitative estimate of drug-likeness (QED) is 0.776. The number of methoxy groups -OCH3 is 2. The fourth-order valence-electron chi connectivity index (χ4n) is 1.82. The number of hydrogen-bond acceptors (Lipinski definition) is 4. The van der Waals surface area contributed by atoms with Crippen LogP contribution in [0.15, 0.2) is 40.8 Å². The third-order valence-electron chi connectivity index (χ3n) is 2.84. The molecule has 19 heavy (non-hydrogen) atoms. The Morgan fingerprint density at radius 3 is 2.74 bits per heavy atom. The third kappa shape index (κ3) is 3.37. The van der Waals surface area contributed by atoms with Crippen LogP contribution < -0.4 is 4.74 Å². The van der Waals surface area contributed by atoms with Crippen molar-refractivity contribution in [1.82, 2.24) is 0 Å². The van der Waals surface area contributed by atoms with Crippen molar-refractivity contribution in [3.05, 3.63) is 53.5 Å². The monoisotopic (exact) mass is 260 g/mol. The number of esters is 1. The smallest absolute Gasteiger partial charge is 0.373 e. The highest BCUT2D eigenvalue weighted by Gasteiger charge is 2.10. The molecule has 0 aliphatic heterocycles. The van der Waals surface area contributed by atoms with Crippen molar-refractivity contribution in [2.24, 2.45) is 0 Å². The summed E-state index contributed by atoms with van der Waals surface area (Å²) in [7, 11) is 2.98. The van der Waals surface area contributed by atoms with Gasteiger partial charge in [0.2, 0.25) is 5.76 Å². The van der Waals surface area contributed by atoms with Crippen molar-refractivity contribution in [2.75, 3.05) is 14.2 Å². The number of aryl methyl sites for hydroxylation is 2. The number of benzene rings is 1. The lowest BCUT2D eigenvalue weighted by Gasteiger charge is -2.03. The SMILES string of the molecule is COC(=O)c1ccc(CCc2cccc(OC)c2)o1. The molecule has 0 radical (unpaired) electrons. The summed E-state index contributed by atoms with van der Waals surface area (Å²) in [5.74, 6) is 1.39. The molecule has 0 atom stereocenters. The van der Waals surface area contributed by atoms with Gasteiger partial charge in [-0.3, -0.25) is 0 Å². The van der Waals surface area contributed by atoms with Crippen molar-refractivity contribution in [3.63, 3.8) is 0 Å². The highest BCUT2D eigenvalue weighted by molar-refractivity contribution is 5.86. The third-order valence-corrected chi connectivity index (χ3v) is 2.84. The lowest BCUT2D eigenvalue weighted by Crippen LogP contribution is -1.98. The van der Waals surface area contributed by atoms with E-state index in [1.165, 1.54) is 7.11 Å². The van der Waals surface area contributed by atoms with Gasteiger partial charge in [-0.1, -0.05) is 12.1 Å². The molecule has 2 rings (SSSR count). The summed E-state index contributed by atoms with van der Waals surface area (Å²) in [6.45, 7) is 0. The van der Waals surface area contributed by atoms with Crippen LogP contribution in [-0.4, -0.2) is 20.2 Å². The van der Waals surface area contributed by atoms with Crippen LogP contribution in [0.1, 0.15) is 21.9 Å². The van der Waals surface area contributed by atoms with Gasteiger partial charge in [-0.05, 0) is 36.2 Å². The second-order valence-corrected chi connectivity index (χ2v) is 4.11. The average molecular weight is 260 g/mol. The van der Waals surface area contributed by atoms with Crippen molar-refractivity contribution >= 4 is 5.97 Å².